The molecule has 26 heavy (non-hydrogen) atoms. The molecule has 0 bridgehead atoms. The number of rotatable bonds is 11. The van der Waals surface area contributed by atoms with Crippen LogP contribution in [0.4, 0.5) is 0 Å². The van der Waals surface area contributed by atoms with E-state index in [1.165, 1.54) is 11.8 Å². The summed E-state index contributed by atoms with van der Waals surface area (Å²) in [6.07, 6.45) is 12.1. The van der Waals surface area contributed by atoms with Gasteiger partial charge in [-0.15, -0.1) is 0 Å². The predicted molar refractivity (Wildman–Crippen MR) is 107 cm³/mol. The van der Waals surface area contributed by atoms with E-state index < -0.39 is 11.6 Å². The van der Waals surface area contributed by atoms with Crippen LogP contribution in [0.25, 0.3) is 0 Å². The summed E-state index contributed by atoms with van der Waals surface area (Å²) in [4.78, 5) is 10.6. The van der Waals surface area contributed by atoms with Crippen molar-refractivity contribution >= 4 is 17.7 Å². The second-order valence-electron chi connectivity index (χ2n) is 8.55. The number of carboxylic acids is 1. The van der Waals surface area contributed by atoms with E-state index >= 15 is 0 Å². The van der Waals surface area contributed by atoms with Gasteiger partial charge in [0.25, 0.3) is 0 Å². The minimum absolute atomic E-state index is 0.161. The summed E-state index contributed by atoms with van der Waals surface area (Å²) in [5.74, 6) is 2.27. The van der Waals surface area contributed by atoms with Gasteiger partial charge >= 0.3 is 5.97 Å². The molecule has 2 saturated carbocycles. The minimum atomic E-state index is -0.779. The van der Waals surface area contributed by atoms with Gasteiger partial charge in [-0.1, -0.05) is 38.3 Å². The Morgan fingerprint density at radius 2 is 2.04 bits per heavy atom. The molecule has 0 heterocycles. The molecule has 150 valence electrons. The van der Waals surface area contributed by atoms with Crippen molar-refractivity contribution in [1.82, 2.24) is 0 Å². The van der Waals surface area contributed by atoms with Gasteiger partial charge in [0.05, 0.1) is 17.5 Å². The Balaban J connectivity index is 1.82. The van der Waals surface area contributed by atoms with E-state index in [1.54, 1.807) is 0 Å². The molecule has 0 saturated heterocycles. The average molecular weight is 385 g/mol. The van der Waals surface area contributed by atoms with Crippen LogP contribution in [0, 0.1) is 23.7 Å². The van der Waals surface area contributed by atoms with Gasteiger partial charge in [0, 0.05) is 5.92 Å². The molecule has 4 nitrogen and oxygen atoms in total. The van der Waals surface area contributed by atoms with E-state index in [2.05, 4.69) is 13.0 Å². The number of aliphatic hydroxyl groups excluding tert-OH is 1. The number of aliphatic carboxylic acids is 1. The number of hydrogen-bond donors (Lipinski definition) is 3. The minimum Gasteiger partial charge on any atom is -0.481 e. The van der Waals surface area contributed by atoms with Gasteiger partial charge in [0.2, 0.25) is 0 Å². The van der Waals surface area contributed by atoms with Crippen LogP contribution in [0.5, 0.6) is 0 Å². The molecule has 2 fully saturated rings. The molecule has 0 radical (unpaired) electrons. The van der Waals surface area contributed by atoms with Crippen LogP contribution in [0.3, 0.4) is 0 Å². The van der Waals surface area contributed by atoms with Crippen molar-refractivity contribution in [2.75, 3.05) is 11.5 Å². The maximum absolute atomic E-state index is 10.6. The van der Waals surface area contributed by atoms with E-state index in [0.717, 1.165) is 57.1 Å². The topological polar surface area (TPSA) is 77.8 Å². The highest BCUT2D eigenvalue weighted by atomic mass is 32.2. The van der Waals surface area contributed by atoms with Crippen LogP contribution >= 0.6 is 11.8 Å². The van der Waals surface area contributed by atoms with Crippen LogP contribution < -0.4 is 0 Å². The molecule has 0 aromatic rings. The van der Waals surface area contributed by atoms with Crippen LogP contribution in [0.1, 0.15) is 65.2 Å². The highest BCUT2D eigenvalue weighted by Crippen LogP contribution is 2.51. The van der Waals surface area contributed by atoms with Gasteiger partial charge in [-0.25, -0.2) is 0 Å². The zero-order valence-electron chi connectivity index (χ0n) is 16.3. The number of fused-ring (bicyclic) bond motifs is 1. The highest BCUT2D eigenvalue weighted by Gasteiger charge is 2.46. The summed E-state index contributed by atoms with van der Waals surface area (Å²) < 4.78 is 0. The summed E-state index contributed by atoms with van der Waals surface area (Å²) in [7, 11) is 0. The Bertz CT molecular complexity index is 477. The SMILES string of the molecule is CCCCCC(C)(O)C=C[C@H]1[C@@H]2CC(CCSCC(=O)O)C[C@H]2C[C@@H]1O. The molecule has 0 aliphatic heterocycles. The van der Waals surface area contributed by atoms with Crippen LogP contribution in [-0.4, -0.2) is 44.5 Å². The predicted octanol–water partition coefficient (Wildman–Crippen LogP) is 4.11. The molecule has 0 spiro atoms. The molecule has 2 rings (SSSR count). The van der Waals surface area contributed by atoms with Gasteiger partial charge in [-0.2, -0.15) is 11.8 Å². The lowest BCUT2D eigenvalue weighted by Gasteiger charge is -2.23. The van der Waals surface area contributed by atoms with Crippen molar-refractivity contribution in [2.45, 2.75) is 76.9 Å². The van der Waals surface area contributed by atoms with Crippen molar-refractivity contribution in [3.8, 4) is 0 Å². The molecular formula is C21H36O4S. The van der Waals surface area contributed by atoms with Gasteiger partial charge < -0.3 is 15.3 Å². The van der Waals surface area contributed by atoms with Crippen molar-refractivity contribution < 1.29 is 20.1 Å². The third-order valence-corrected chi connectivity index (χ3v) is 7.17. The van der Waals surface area contributed by atoms with Crippen LogP contribution in [-0.2, 0) is 4.79 Å². The number of unbranched alkanes of at least 4 members (excludes halogenated alkanes) is 2. The van der Waals surface area contributed by atoms with E-state index in [0.29, 0.717) is 17.8 Å². The average Bonchev–Trinajstić information content (AvgIpc) is 3.06. The molecule has 2 unspecified atom stereocenters. The molecule has 2 aliphatic rings. The van der Waals surface area contributed by atoms with E-state index in [-0.39, 0.29) is 17.8 Å². The van der Waals surface area contributed by atoms with E-state index in [9.17, 15) is 15.0 Å². The zero-order valence-corrected chi connectivity index (χ0v) is 17.1. The number of thioether (sulfide) groups is 1. The summed E-state index contributed by atoms with van der Waals surface area (Å²) in [6, 6.07) is 0. The third kappa shape index (κ3) is 6.58. The van der Waals surface area contributed by atoms with E-state index in [4.69, 9.17) is 5.11 Å². The number of hydrogen-bond acceptors (Lipinski definition) is 4. The Kier molecular flexibility index (Phi) is 8.49. The molecule has 6 atom stereocenters. The normalized spacial score (nSPS) is 33.5. The lowest BCUT2D eigenvalue weighted by molar-refractivity contribution is -0.133. The summed E-state index contributed by atoms with van der Waals surface area (Å²) in [5, 5.41) is 29.7. The number of carbonyl (C=O) groups is 1. The Morgan fingerprint density at radius 1 is 1.27 bits per heavy atom. The smallest absolute Gasteiger partial charge is 0.313 e. The second kappa shape index (κ2) is 10.1. The second-order valence-corrected chi connectivity index (χ2v) is 9.66. The fourth-order valence-electron chi connectivity index (χ4n) is 4.82. The maximum Gasteiger partial charge on any atom is 0.313 e. The van der Waals surface area contributed by atoms with Crippen LogP contribution in [0.2, 0.25) is 0 Å². The van der Waals surface area contributed by atoms with Crippen LogP contribution in [0.15, 0.2) is 12.2 Å². The standard InChI is InChI=1S/C21H36O4S/c1-3-4-5-8-21(2,25)9-6-17-18-12-15(7-10-26-14-20(23)24)11-16(18)13-19(17)22/h6,9,15-19,22,25H,3-5,7-8,10-14H2,1-2H3,(H,23,24)/t15?,16-,17-,18+,19-,21?/m0/s1. The van der Waals surface area contributed by atoms with Gasteiger partial charge in [-0.3, -0.25) is 4.79 Å². The van der Waals surface area contributed by atoms with Gasteiger partial charge in [-0.05, 0) is 62.5 Å². The fourth-order valence-corrected chi connectivity index (χ4v) is 5.64. The molecule has 0 aromatic heterocycles. The highest BCUT2D eigenvalue weighted by molar-refractivity contribution is 7.99. The Hall–Kier alpha value is -0.520. The molecule has 2 aliphatic carbocycles. The van der Waals surface area contributed by atoms with Gasteiger partial charge in [0.1, 0.15) is 0 Å². The molecule has 0 amide bonds. The first kappa shape index (κ1) is 21.8. The summed E-state index contributed by atoms with van der Waals surface area (Å²) in [5.41, 5.74) is -0.779. The van der Waals surface area contributed by atoms with Gasteiger partial charge in [0.15, 0.2) is 0 Å². The fraction of sp³-hybridized carbons (Fsp3) is 0.857. The van der Waals surface area contributed by atoms with Crippen molar-refractivity contribution in [2.24, 2.45) is 23.7 Å². The summed E-state index contributed by atoms with van der Waals surface area (Å²) >= 11 is 1.50. The molecule has 3 N–H and O–H groups in total. The van der Waals surface area contributed by atoms with Crippen molar-refractivity contribution in [1.29, 1.82) is 0 Å². The monoisotopic (exact) mass is 384 g/mol. The van der Waals surface area contributed by atoms with Crippen molar-refractivity contribution in [3.05, 3.63) is 12.2 Å². The molecular weight excluding hydrogens is 348 g/mol. The molecule has 0 aromatic carbocycles. The largest absolute Gasteiger partial charge is 0.481 e. The summed E-state index contributed by atoms with van der Waals surface area (Å²) in [6.45, 7) is 4.03. The third-order valence-electron chi connectivity index (χ3n) is 6.19. The zero-order chi connectivity index (χ0) is 19.2. The maximum atomic E-state index is 10.6. The number of carboxylic acid groups (broad SMARTS) is 1. The lowest BCUT2D eigenvalue weighted by Crippen LogP contribution is -2.23. The van der Waals surface area contributed by atoms with Crippen molar-refractivity contribution in [3.63, 3.8) is 0 Å². The molecule has 5 heteroatoms. The number of aliphatic hydroxyl groups is 2. The lowest BCUT2D eigenvalue weighted by atomic mass is 9.87. The first-order valence-corrected chi connectivity index (χ1v) is 11.4. The van der Waals surface area contributed by atoms with E-state index in [1.807, 2.05) is 13.0 Å². The Labute approximate surface area is 162 Å². The first-order valence-electron chi connectivity index (χ1n) is 10.2. The Morgan fingerprint density at radius 3 is 2.73 bits per heavy atom. The quantitative estimate of drug-likeness (QED) is 0.369. The first-order chi connectivity index (χ1) is 12.3.